The van der Waals surface area contributed by atoms with Gasteiger partial charge in [-0.05, 0) is 84.9 Å². The molecular formula is C27H47NO6. The minimum absolute atomic E-state index is 0.0287. The van der Waals surface area contributed by atoms with Crippen LogP contribution < -0.4 is 5.73 Å². The molecule has 5 N–H and O–H groups in total. The molecule has 11 atom stereocenters. The summed E-state index contributed by atoms with van der Waals surface area (Å²) < 4.78 is 10.6. The van der Waals surface area contributed by atoms with Gasteiger partial charge in [0.05, 0.1) is 25.9 Å². The van der Waals surface area contributed by atoms with Crippen molar-refractivity contribution in [3.05, 3.63) is 0 Å². The lowest BCUT2D eigenvalue weighted by atomic mass is 9.43. The zero-order valence-electron chi connectivity index (χ0n) is 21.5. The van der Waals surface area contributed by atoms with E-state index in [1.165, 1.54) is 7.11 Å². The van der Waals surface area contributed by atoms with Gasteiger partial charge in [0.2, 0.25) is 0 Å². The molecule has 0 aromatic carbocycles. The Hall–Kier alpha value is -0.730. The summed E-state index contributed by atoms with van der Waals surface area (Å²) in [6.45, 7) is 7.49. The summed E-state index contributed by atoms with van der Waals surface area (Å²) >= 11 is 0. The summed E-state index contributed by atoms with van der Waals surface area (Å²) in [5, 5.41) is 34.2. The van der Waals surface area contributed by atoms with Gasteiger partial charge >= 0.3 is 5.97 Å². The van der Waals surface area contributed by atoms with Crippen molar-refractivity contribution in [3.8, 4) is 0 Å². The van der Waals surface area contributed by atoms with Gasteiger partial charge in [0.25, 0.3) is 0 Å². The Labute approximate surface area is 204 Å². The van der Waals surface area contributed by atoms with E-state index in [2.05, 4.69) is 20.8 Å². The minimum atomic E-state index is -1.16. The molecule has 0 bridgehead atoms. The molecule has 0 amide bonds. The molecule has 196 valence electrons. The number of aliphatic hydroxyl groups is 3. The molecule has 4 fully saturated rings. The van der Waals surface area contributed by atoms with Crippen molar-refractivity contribution in [1.82, 2.24) is 0 Å². The van der Waals surface area contributed by atoms with E-state index in [4.69, 9.17) is 15.2 Å². The number of hydrogen-bond acceptors (Lipinski definition) is 7. The fraction of sp³-hybridized carbons (Fsp3) is 0.963. The Kier molecular flexibility index (Phi) is 7.45. The van der Waals surface area contributed by atoms with Crippen LogP contribution in [0.5, 0.6) is 0 Å². The fourth-order valence-electron chi connectivity index (χ4n) is 9.14. The van der Waals surface area contributed by atoms with E-state index in [1.54, 1.807) is 0 Å². The highest BCUT2D eigenvalue weighted by atomic mass is 16.6. The van der Waals surface area contributed by atoms with Crippen LogP contribution >= 0.6 is 0 Å². The summed E-state index contributed by atoms with van der Waals surface area (Å²) in [7, 11) is 1.43. The third kappa shape index (κ3) is 4.23. The number of aliphatic hydroxyl groups excluding tert-OH is 2. The molecule has 0 saturated heterocycles. The molecule has 0 aliphatic heterocycles. The highest BCUT2D eigenvalue weighted by molar-refractivity contribution is 5.69. The second-order valence-electron chi connectivity index (χ2n) is 12.5. The third-order valence-electron chi connectivity index (χ3n) is 11.1. The summed E-state index contributed by atoms with van der Waals surface area (Å²) in [4.78, 5) is 11.7. The van der Waals surface area contributed by atoms with E-state index in [9.17, 15) is 20.1 Å². The number of nitrogens with two attached hydrogens (primary N) is 1. The molecule has 4 aliphatic rings. The molecule has 0 aromatic rings. The number of methoxy groups -OCH3 is 1. The molecule has 4 aliphatic carbocycles. The third-order valence-corrected chi connectivity index (χ3v) is 11.1. The first kappa shape index (κ1) is 26.3. The monoisotopic (exact) mass is 481 g/mol. The lowest BCUT2D eigenvalue weighted by molar-refractivity contribution is -0.272. The average Bonchev–Trinajstić information content (AvgIpc) is 3.16. The van der Waals surface area contributed by atoms with Crippen LogP contribution in [0, 0.1) is 46.3 Å². The van der Waals surface area contributed by atoms with E-state index < -0.39 is 18.0 Å². The van der Waals surface area contributed by atoms with Gasteiger partial charge in [0, 0.05) is 25.8 Å². The Morgan fingerprint density at radius 3 is 2.56 bits per heavy atom. The number of carbonyl (C=O) groups excluding carboxylic acids is 1. The maximum absolute atomic E-state index is 11.7. The van der Waals surface area contributed by atoms with Crippen molar-refractivity contribution < 1.29 is 29.6 Å². The molecule has 4 rings (SSSR count). The lowest BCUT2D eigenvalue weighted by Crippen LogP contribution is -2.63. The SMILES string of the molecule is COC(=O)CC[C@@H](C)[C@H]1CC[C@H]2[C@@H]3[C@H](O)C[C@@H]4C[C@@](O)(OCCN)CC[C@]4(C)[C@H]3C[C@H](O)[C@]12C. The first-order chi connectivity index (χ1) is 16.0. The summed E-state index contributed by atoms with van der Waals surface area (Å²) in [6, 6.07) is 0. The van der Waals surface area contributed by atoms with Crippen LogP contribution in [0.25, 0.3) is 0 Å². The standard InChI is InChI=1S/C27H47NO6/c1-16(5-8-23(31)33-4)18-6-7-19-24-20(14-22(30)26(18,19)3)25(2)9-10-27(32,34-12-11-28)15-17(25)13-21(24)29/h16-22,24,29-30,32H,5-15,28H2,1-4H3/t16-,17-,18-,19+,20+,21-,22+,24+,25+,26-,27+/m1/s1. The van der Waals surface area contributed by atoms with Crippen LogP contribution in [0.4, 0.5) is 0 Å². The van der Waals surface area contributed by atoms with Gasteiger partial charge in [-0.15, -0.1) is 0 Å². The second kappa shape index (κ2) is 9.62. The fourth-order valence-corrected chi connectivity index (χ4v) is 9.14. The van der Waals surface area contributed by atoms with Crippen molar-refractivity contribution in [3.63, 3.8) is 0 Å². The maximum atomic E-state index is 11.7. The van der Waals surface area contributed by atoms with Crippen LogP contribution in [0.3, 0.4) is 0 Å². The number of esters is 1. The number of rotatable bonds is 7. The second-order valence-corrected chi connectivity index (χ2v) is 12.5. The van der Waals surface area contributed by atoms with Gasteiger partial charge in [-0.25, -0.2) is 0 Å². The van der Waals surface area contributed by atoms with Crippen molar-refractivity contribution >= 4 is 5.97 Å². The van der Waals surface area contributed by atoms with Crippen LogP contribution in [0.2, 0.25) is 0 Å². The van der Waals surface area contributed by atoms with Gasteiger partial charge in [-0.1, -0.05) is 20.8 Å². The topological polar surface area (TPSA) is 122 Å². The van der Waals surface area contributed by atoms with Gasteiger partial charge < -0.3 is 30.5 Å². The average molecular weight is 482 g/mol. The van der Waals surface area contributed by atoms with Crippen LogP contribution in [-0.4, -0.2) is 59.5 Å². The number of ether oxygens (including phenoxy) is 2. The smallest absolute Gasteiger partial charge is 0.305 e. The number of fused-ring (bicyclic) bond motifs is 5. The van der Waals surface area contributed by atoms with Crippen molar-refractivity contribution in [1.29, 1.82) is 0 Å². The Balaban J connectivity index is 1.54. The van der Waals surface area contributed by atoms with Crippen molar-refractivity contribution in [2.45, 2.75) is 96.6 Å². The largest absolute Gasteiger partial charge is 0.469 e. The predicted octanol–water partition coefficient (Wildman–Crippen LogP) is 2.84. The van der Waals surface area contributed by atoms with E-state index in [-0.39, 0.29) is 40.5 Å². The highest BCUT2D eigenvalue weighted by Gasteiger charge is 2.66. The van der Waals surface area contributed by atoms with Crippen LogP contribution in [0.15, 0.2) is 0 Å². The zero-order chi connectivity index (χ0) is 24.9. The molecular weight excluding hydrogens is 434 g/mol. The molecule has 7 heteroatoms. The number of carbonyl (C=O) groups is 1. The van der Waals surface area contributed by atoms with E-state index in [0.29, 0.717) is 57.1 Å². The lowest BCUT2D eigenvalue weighted by Gasteiger charge is -2.64. The molecule has 0 spiro atoms. The summed E-state index contributed by atoms with van der Waals surface area (Å²) in [6.07, 6.45) is 5.68. The molecule has 0 aromatic heterocycles. The van der Waals surface area contributed by atoms with E-state index in [0.717, 1.165) is 25.7 Å². The molecule has 34 heavy (non-hydrogen) atoms. The van der Waals surface area contributed by atoms with Gasteiger partial charge in [0.15, 0.2) is 5.79 Å². The van der Waals surface area contributed by atoms with Crippen molar-refractivity contribution in [2.75, 3.05) is 20.3 Å². The first-order valence-electron chi connectivity index (χ1n) is 13.5. The van der Waals surface area contributed by atoms with Gasteiger partial charge in [-0.3, -0.25) is 4.79 Å². The van der Waals surface area contributed by atoms with Crippen molar-refractivity contribution in [2.24, 2.45) is 52.1 Å². The summed E-state index contributed by atoms with van der Waals surface area (Å²) in [5.74, 6) is 0.143. The highest BCUT2D eigenvalue weighted by Crippen LogP contribution is 2.69. The van der Waals surface area contributed by atoms with E-state index in [1.807, 2.05) is 0 Å². The molecule has 0 heterocycles. The maximum Gasteiger partial charge on any atom is 0.305 e. The predicted molar refractivity (Wildman–Crippen MR) is 128 cm³/mol. The van der Waals surface area contributed by atoms with Crippen LogP contribution in [0.1, 0.15) is 78.6 Å². The van der Waals surface area contributed by atoms with Gasteiger partial charge in [0.1, 0.15) is 0 Å². The minimum Gasteiger partial charge on any atom is -0.469 e. The molecule has 7 nitrogen and oxygen atoms in total. The van der Waals surface area contributed by atoms with Gasteiger partial charge in [-0.2, -0.15) is 0 Å². The number of hydrogen-bond donors (Lipinski definition) is 4. The molecule has 0 radical (unpaired) electrons. The Morgan fingerprint density at radius 1 is 1.15 bits per heavy atom. The van der Waals surface area contributed by atoms with E-state index >= 15 is 0 Å². The Morgan fingerprint density at radius 2 is 1.88 bits per heavy atom. The summed E-state index contributed by atoms with van der Waals surface area (Å²) in [5.41, 5.74) is 5.32. The normalized spacial score (nSPS) is 49.0. The first-order valence-corrected chi connectivity index (χ1v) is 13.5. The zero-order valence-corrected chi connectivity index (χ0v) is 21.5. The van der Waals surface area contributed by atoms with Crippen LogP contribution in [-0.2, 0) is 14.3 Å². The molecule has 4 saturated carbocycles. The Bertz CT molecular complexity index is 749. The quantitative estimate of drug-likeness (QED) is 0.326. The molecule has 0 unspecified atom stereocenters.